The van der Waals surface area contributed by atoms with Crippen molar-refractivity contribution in [1.82, 2.24) is 9.97 Å². The smallest absolute Gasteiger partial charge is 0.134 e. The van der Waals surface area contributed by atoms with E-state index in [1.165, 1.54) is 5.57 Å². The van der Waals surface area contributed by atoms with Gasteiger partial charge in [-0.3, -0.25) is 0 Å². The zero-order valence-corrected chi connectivity index (χ0v) is 23.6. The summed E-state index contributed by atoms with van der Waals surface area (Å²) in [7, 11) is 1.93. The highest BCUT2D eigenvalue weighted by molar-refractivity contribution is 5.86. The predicted octanol–water partition coefficient (Wildman–Crippen LogP) is 7.15. The van der Waals surface area contributed by atoms with Crippen LogP contribution in [-0.4, -0.2) is 22.9 Å². The van der Waals surface area contributed by atoms with Crippen LogP contribution in [-0.2, 0) is 10.8 Å². The van der Waals surface area contributed by atoms with E-state index < -0.39 is 0 Å². The Labute approximate surface area is 203 Å². The molecule has 3 N–H and O–H groups in total. The largest absolute Gasteiger partial charge is 0.387 e. The van der Waals surface area contributed by atoms with Crippen LogP contribution in [0.1, 0.15) is 107 Å². The van der Waals surface area contributed by atoms with Crippen molar-refractivity contribution in [2.75, 3.05) is 12.4 Å². The van der Waals surface area contributed by atoms with Gasteiger partial charge in [-0.15, -0.1) is 0 Å². The lowest BCUT2D eigenvalue weighted by molar-refractivity contribution is 0.327. The first-order valence-corrected chi connectivity index (χ1v) is 12.1. The van der Waals surface area contributed by atoms with Crippen molar-refractivity contribution in [2.45, 2.75) is 107 Å². The van der Waals surface area contributed by atoms with Crippen molar-refractivity contribution in [3.05, 3.63) is 41.1 Å². The number of allylic oxidation sites excluding steroid dienone is 3. The fourth-order valence-corrected chi connectivity index (χ4v) is 3.92. The maximum absolute atomic E-state index is 6.16. The Morgan fingerprint density at radius 1 is 1.03 bits per heavy atom. The summed E-state index contributed by atoms with van der Waals surface area (Å²) in [6, 6.07) is 0. The van der Waals surface area contributed by atoms with Gasteiger partial charge in [0.05, 0.1) is 17.6 Å². The first-order chi connectivity index (χ1) is 14.9. The first-order valence-electron chi connectivity index (χ1n) is 12.1. The van der Waals surface area contributed by atoms with E-state index in [9.17, 15) is 0 Å². The molecule has 5 heteroatoms. The molecule has 1 aromatic heterocycles. The van der Waals surface area contributed by atoms with E-state index in [4.69, 9.17) is 15.7 Å². The summed E-state index contributed by atoms with van der Waals surface area (Å²) >= 11 is 0. The Bertz CT molecular complexity index is 903. The highest BCUT2D eigenvalue weighted by Crippen LogP contribution is 2.40. The zero-order chi connectivity index (χ0) is 25.8. The fourth-order valence-electron chi connectivity index (χ4n) is 3.92. The molecule has 0 unspecified atom stereocenters. The van der Waals surface area contributed by atoms with Crippen LogP contribution in [0, 0.1) is 10.8 Å². The quantitative estimate of drug-likeness (QED) is 0.248. The summed E-state index contributed by atoms with van der Waals surface area (Å²) in [6.07, 6.45) is 8.03. The van der Waals surface area contributed by atoms with Crippen LogP contribution < -0.4 is 11.1 Å². The second kappa shape index (κ2) is 10.4. The Hall–Kier alpha value is -2.17. The Morgan fingerprint density at radius 3 is 2.06 bits per heavy atom. The molecule has 0 aliphatic rings. The van der Waals surface area contributed by atoms with Crippen molar-refractivity contribution in [3.8, 4) is 0 Å². The maximum atomic E-state index is 6.16. The third-order valence-electron chi connectivity index (χ3n) is 6.36. The van der Waals surface area contributed by atoms with Gasteiger partial charge in [0.15, 0.2) is 0 Å². The van der Waals surface area contributed by atoms with Gasteiger partial charge in [-0.05, 0) is 43.3 Å². The summed E-state index contributed by atoms with van der Waals surface area (Å²) in [6.45, 7) is 26.1. The summed E-state index contributed by atoms with van der Waals surface area (Å²) < 4.78 is 0. The van der Waals surface area contributed by atoms with Crippen molar-refractivity contribution < 1.29 is 0 Å². The van der Waals surface area contributed by atoms with Crippen LogP contribution in [0.3, 0.4) is 0 Å². The molecule has 1 aromatic rings. The molecule has 0 amide bonds. The first kappa shape index (κ1) is 28.9. The highest BCUT2D eigenvalue weighted by atomic mass is 15.0. The Balaban J connectivity index is 3.16. The molecule has 5 nitrogen and oxygen atoms in total. The molecule has 0 fully saturated rings. The molecule has 0 aromatic carbocycles. The predicted molar refractivity (Wildman–Crippen MR) is 145 cm³/mol. The van der Waals surface area contributed by atoms with E-state index in [0.717, 1.165) is 35.6 Å². The van der Waals surface area contributed by atoms with Crippen LogP contribution in [0.4, 0.5) is 5.69 Å². The number of nitrogens with zero attached hydrogens (tertiary/aromatic N) is 3. The van der Waals surface area contributed by atoms with E-state index in [1.54, 1.807) is 0 Å². The zero-order valence-electron chi connectivity index (χ0n) is 23.6. The number of aromatic nitrogens is 2. The van der Waals surface area contributed by atoms with Crippen molar-refractivity contribution in [2.24, 2.45) is 21.6 Å². The molecule has 0 atom stereocenters. The van der Waals surface area contributed by atoms with Crippen molar-refractivity contribution in [3.63, 3.8) is 0 Å². The average molecular weight is 456 g/mol. The molecule has 0 saturated carbocycles. The number of aliphatic imine (C=N–C) groups is 1. The molecule has 33 heavy (non-hydrogen) atoms. The summed E-state index contributed by atoms with van der Waals surface area (Å²) in [5.74, 6) is 1.55. The highest BCUT2D eigenvalue weighted by Gasteiger charge is 2.32. The minimum Gasteiger partial charge on any atom is -0.387 e. The average Bonchev–Trinajstić information content (AvgIpc) is 2.69. The standard InChI is InChI=1S/C28H49N5/c1-14-20(19(2)17-31-23(29)26(6,7)8)27(9,10)15-16-28(11,12)24-32-18-21(30-13)22(33-24)25(3,4)5/h14,17-18,30H,15-16H2,1-13H3,(H2,29,31)/b19-17-,20-14+. The van der Waals surface area contributed by atoms with E-state index in [2.05, 4.69) is 99.5 Å². The molecule has 186 valence electrons. The minimum absolute atomic E-state index is 0.0175. The molecule has 0 bridgehead atoms. The fraction of sp³-hybridized carbons (Fsp3) is 0.679. The molecular formula is C28H49N5. The van der Waals surface area contributed by atoms with Crippen LogP contribution in [0.15, 0.2) is 34.6 Å². The minimum atomic E-state index is -0.144. The van der Waals surface area contributed by atoms with E-state index >= 15 is 0 Å². The van der Waals surface area contributed by atoms with Gasteiger partial charge >= 0.3 is 0 Å². The van der Waals surface area contributed by atoms with Crippen LogP contribution in [0.2, 0.25) is 0 Å². The van der Waals surface area contributed by atoms with Gasteiger partial charge in [0, 0.05) is 29.5 Å². The molecule has 1 heterocycles. The Morgan fingerprint density at radius 2 is 1.61 bits per heavy atom. The van der Waals surface area contributed by atoms with Gasteiger partial charge in [-0.1, -0.05) is 75.3 Å². The van der Waals surface area contributed by atoms with Crippen LogP contribution in [0.25, 0.3) is 0 Å². The number of hydrogen-bond acceptors (Lipinski definition) is 4. The van der Waals surface area contributed by atoms with Gasteiger partial charge in [-0.25, -0.2) is 15.0 Å². The van der Waals surface area contributed by atoms with Crippen molar-refractivity contribution in [1.29, 1.82) is 0 Å². The molecule has 0 spiro atoms. The third-order valence-corrected chi connectivity index (χ3v) is 6.36. The van der Waals surface area contributed by atoms with Gasteiger partial charge in [0.1, 0.15) is 11.7 Å². The second-order valence-corrected chi connectivity index (χ2v) is 12.5. The SMILES string of the molecule is C/C=C(\C(C)=C/N=C(N)C(C)(C)C)C(C)(C)CCC(C)(C)c1ncc(NC)c(C(C)(C)C)n1. The van der Waals surface area contributed by atoms with Gasteiger partial charge < -0.3 is 11.1 Å². The maximum Gasteiger partial charge on any atom is 0.134 e. The molecule has 0 aliphatic heterocycles. The van der Waals surface area contributed by atoms with E-state index in [0.29, 0.717) is 5.84 Å². The van der Waals surface area contributed by atoms with E-state index in [-0.39, 0.29) is 21.7 Å². The van der Waals surface area contributed by atoms with Gasteiger partial charge in [0.2, 0.25) is 0 Å². The van der Waals surface area contributed by atoms with E-state index in [1.807, 2.05) is 19.4 Å². The van der Waals surface area contributed by atoms with Gasteiger partial charge in [-0.2, -0.15) is 0 Å². The molecule has 0 aliphatic carbocycles. The monoisotopic (exact) mass is 455 g/mol. The summed E-state index contributed by atoms with van der Waals surface area (Å²) in [5.41, 5.74) is 10.3. The van der Waals surface area contributed by atoms with Crippen molar-refractivity contribution >= 4 is 11.5 Å². The Kier molecular flexibility index (Phi) is 9.09. The lowest BCUT2D eigenvalue weighted by Crippen LogP contribution is -2.28. The molecule has 0 saturated heterocycles. The number of nitrogens with one attached hydrogen (secondary N) is 1. The lowest BCUT2D eigenvalue weighted by Gasteiger charge is -2.33. The van der Waals surface area contributed by atoms with Gasteiger partial charge in [0.25, 0.3) is 0 Å². The molecular weight excluding hydrogens is 406 g/mol. The van der Waals surface area contributed by atoms with Crippen LogP contribution in [0.5, 0.6) is 0 Å². The third kappa shape index (κ3) is 7.68. The molecule has 0 radical (unpaired) electrons. The summed E-state index contributed by atoms with van der Waals surface area (Å²) in [5, 5.41) is 3.24. The molecule has 1 rings (SSSR count). The number of rotatable bonds is 8. The number of hydrogen-bond donors (Lipinski definition) is 2. The topological polar surface area (TPSA) is 76.2 Å². The summed E-state index contributed by atoms with van der Waals surface area (Å²) in [4.78, 5) is 14.3. The number of nitrogens with two attached hydrogens (primary N) is 1. The second-order valence-electron chi connectivity index (χ2n) is 12.5. The van der Waals surface area contributed by atoms with Crippen LogP contribution >= 0.6 is 0 Å². The number of anilines is 1. The number of amidine groups is 1. The lowest BCUT2D eigenvalue weighted by atomic mass is 9.72. The normalized spacial score (nSPS) is 15.1.